The smallest absolute Gasteiger partial charge is 0.310 e. The van der Waals surface area contributed by atoms with Gasteiger partial charge in [-0.25, -0.2) is 13.2 Å². The molecule has 0 bridgehead atoms. The van der Waals surface area contributed by atoms with Crippen LogP contribution in [0, 0.1) is 17.5 Å². The van der Waals surface area contributed by atoms with E-state index in [1.54, 1.807) is 6.92 Å². The Hall–Kier alpha value is -1.24. The van der Waals surface area contributed by atoms with Gasteiger partial charge in [0.1, 0.15) is 0 Å². The minimum Gasteiger partial charge on any atom is -0.310 e. The van der Waals surface area contributed by atoms with E-state index in [-0.39, 0.29) is 12.0 Å². The Morgan fingerprint density at radius 1 is 1.11 bits per heavy atom. The van der Waals surface area contributed by atoms with E-state index in [4.69, 9.17) is 0 Å². The van der Waals surface area contributed by atoms with E-state index in [0.717, 1.165) is 0 Å². The van der Waals surface area contributed by atoms with Crippen molar-refractivity contribution in [2.24, 2.45) is 0 Å². The van der Waals surface area contributed by atoms with Gasteiger partial charge < -0.3 is 5.32 Å². The van der Waals surface area contributed by atoms with Crippen molar-refractivity contribution < 1.29 is 26.3 Å². The van der Waals surface area contributed by atoms with Crippen LogP contribution in [-0.2, 0) is 0 Å². The molecule has 1 rings (SSSR count). The number of rotatable bonds is 5. The summed E-state index contributed by atoms with van der Waals surface area (Å²) in [5.74, 6) is -4.45. The van der Waals surface area contributed by atoms with Crippen LogP contribution in [0.2, 0.25) is 0 Å². The Morgan fingerprint density at radius 3 is 2.05 bits per heavy atom. The number of hydrogen-bond acceptors (Lipinski definition) is 1. The van der Waals surface area contributed by atoms with Crippen molar-refractivity contribution in [2.75, 3.05) is 6.54 Å². The first-order valence-corrected chi connectivity index (χ1v) is 5.69. The van der Waals surface area contributed by atoms with Crippen LogP contribution in [0.5, 0.6) is 0 Å². The fourth-order valence-corrected chi connectivity index (χ4v) is 1.72. The number of nitrogens with one attached hydrogen (secondary N) is 1. The molecule has 1 unspecified atom stereocenters. The zero-order valence-corrected chi connectivity index (χ0v) is 10.1. The first-order valence-electron chi connectivity index (χ1n) is 5.69. The highest BCUT2D eigenvalue weighted by molar-refractivity contribution is 5.22. The Balaban J connectivity index is 2.92. The third-order valence-electron chi connectivity index (χ3n) is 2.58. The summed E-state index contributed by atoms with van der Waals surface area (Å²) in [6.07, 6.45) is -5.82. The second-order valence-electron chi connectivity index (χ2n) is 4.06. The average Bonchev–Trinajstić information content (AvgIpc) is 2.29. The highest BCUT2D eigenvalue weighted by Crippen LogP contribution is 2.28. The lowest BCUT2D eigenvalue weighted by Gasteiger charge is -2.19. The zero-order valence-electron chi connectivity index (χ0n) is 10.1. The van der Waals surface area contributed by atoms with Gasteiger partial charge in [0.2, 0.25) is 0 Å². The number of hydrogen-bond donors (Lipinski definition) is 1. The lowest BCUT2D eigenvalue weighted by atomic mass is 10.0. The maximum absolute atomic E-state index is 13.0. The molecule has 0 aliphatic heterocycles. The Morgan fingerprint density at radius 2 is 1.63 bits per heavy atom. The molecule has 0 heterocycles. The largest absolute Gasteiger partial charge is 0.389 e. The van der Waals surface area contributed by atoms with Crippen LogP contribution in [-0.4, -0.2) is 12.7 Å². The topological polar surface area (TPSA) is 12.0 Å². The maximum Gasteiger partial charge on any atom is 0.389 e. The molecule has 0 amide bonds. The molecule has 0 saturated carbocycles. The van der Waals surface area contributed by atoms with Gasteiger partial charge in [-0.05, 0) is 30.7 Å². The second kappa shape index (κ2) is 6.27. The summed E-state index contributed by atoms with van der Waals surface area (Å²) in [5, 5.41) is 2.69. The first kappa shape index (κ1) is 15.8. The molecule has 0 spiro atoms. The van der Waals surface area contributed by atoms with Gasteiger partial charge in [0, 0.05) is 12.5 Å². The summed E-state index contributed by atoms with van der Waals surface area (Å²) in [6, 6.07) is 0.542. The fourth-order valence-electron chi connectivity index (χ4n) is 1.72. The normalized spacial score (nSPS) is 13.6. The molecule has 1 atom stereocenters. The van der Waals surface area contributed by atoms with Crippen molar-refractivity contribution in [3.63, 3.8) is 0 Å². The molecule has 0 aromatic heterocycles. The maximum atomic E-state index is 13.0. The SMILES string of the molecule is CCNC(CCC(F)(F)F)c1cc(F)c(F)c(F)c1. The van der Waals surface area contributed by atoms with Crippen LogP contribution < -0.4 is 5.32 Å². The molecule has 0 aliphatic carbocycles. The van der Waals surface area contributed by atoms with Gasteiger partial charge >= 0.3 is 6.18 Å². The van der Waals surface area contributed by atoms with Crippen molar-refractivity contribution in [1.82, 2.24) is 5.32 Å². The zero-order chi connectivity index (χ0) is 14.6. The highest BCUT2D eigenvalue weighted by atomic mass is 19.4. The van der Waals surface area contributed by atoms with Gasteiger partial charge in [-0.3, -0.25) is 0 Å². The molecule has 1 aromatic rings. The van der Waals surface area contributed by atoms with E-state index in [2.05, 4.69) is 5.32 Å². The highest BCUT2D eigenvalue weighted by Gasteiger charge is 2.29. The summed E-state index contributed by atoms with van der Waals surface area (Å²) in [6.45, 7) is 1.97. The predicted molar refractivity (Wildman–Crippen MR) is 58.0 cm³/mol. The standard InChI is InChI=1S/C12H13F6N/c1-2-19-10(3-4-12(16,17)18)7-5-8(13)11(15)9(14)6-7/h5-6,10,19H,2-4H2,1H3. The van der Waals surface area contributed by atoms with Gasteiger partial charge in [-0.1, -0.05) is 6.92 Å². The van der Waals surface area contributed by atoms with Crippen LogP contribution in [0.1, 0.15) is 31.4 Å². The van der Waals surface area contributed by atoms with E-state index in [9.17, 15) is 26.3 Å². The van der Waals surface area contributed by atoms with E-state index in [1.807, 2.05) is 0 Å². The van der Waals surface area contributed by atoms with Gasteiger partial charge in [-0.2, -0.15) is 13.2 Å². The van der Waals surface area contributed by atoms with Gasteiger partial charge in [0.05, 0.1) is 0 Å². The number of halogens is 6. The van der Waals surface area contributed by atoms with E-state index >= 15 is 0 Å². The van der Waals surface area contributed by atoms with Gasteiger partial charge in [0.25, 0.3) is 0 Å². The minimum absolute atomic E-state index is 0.0394. The Bertz CT molecular complexity index is 406. The van der Waals surface area contributed by atoms with Crippen LogP contribution in [0.4, 0.5) is 26.3 Å². The van der Waals surface area contributed by atoms with Crippen LogP contribution in [0.15, 0.2) is 12.1 Å². The molecule has 108 valence electrons. The van der Waals surface area contributed by atoms with Crippen molar-refractivity contribution in [2.45, 2.75) is 32.0 Å². The molecule has 0 saturated heterocycles. The molecular weight excluding hydrogens is 272 g/mol. The molecule has 19 heavy (non-hydrogen) atoms. The van der Waals surface area contributed by atoms with Crippen LogP contribution in [0.25, 0.3) is 0 Å². The van der Waals surface area contributed by atoms with Crippen LogP contribution in [0.3, 0.4) is 0 Å². The lowest BCUT2D eigenvalue weighted by Crippen LogP contribution is -2.23. The van der Waals surface area contributed by atoms with Crippen molar-refractivity contribution in [1.29, 1.82) is 0 Å². The average molecular weight is 285 g/mol. The van der Waals surface area contributed by atoms with E-state index in [0.29, 0.717) is 18.7 Å². The molecule has 7 heteroatoms. The quantitative estimate of drug-likeness (QED) is 0.634. The molecule has 1 N–H and O–H groups in total. The first-order chi connectivity index (χ1) is 8.74. The predicted octanol–water partition coefficient (Wildman–Crippen LogP) is 4.10. The summed E-state index contributed by atoms with van der Waals surface area (Å²) in [5.41, 5.74) is -0.0394. The second-order valence-corrected chi connectivity index (χ2v) is 4.06. The fraction of sp³-hybridized carbons (Fsp3) is 0.500. The Kier molecular flexibility index (Phi) is 5.22. The van der Waals surface area contributed by atoms with Gasteiger partial charge in [-0.15, -0.1) is 0 Å². The molecule has 1 nitrogen and oxygen atoms in total. The summed E-state index contributed by atoms with van der Waals surface area (Å²) in [7, 11) is 0. The van der Waals surface area contributed by atoms with Crippen molar-refractivity contribution in [3.05, 3.63) is 35.1 Å². The van der Waals surface area contributed by atoms with E-state index < -0.39 is 36.1 Å². The summed E-state index contributed by atoms with van der Waals surface area (Å²) >= 11 is 0. The van der Waals surface area contributed by atoms with Crippen LogP contribution >= 0.6 is 0 Å². The molecule has 0 radical (unpaired) electrons. The van der Waals surface area contributed by atoms with Crippen molar-refractivity contribution in [3.8, 4) is 0 Å². The monoisotopic (exact) mass is 285 g/mol. The molecule has 1 aromatic carbocycles. The third-order valence-corrected chi connectivity index (χ3v) is 2.58. The number of alkyl halides is 3. The third kappa shape index (κ3) is 4.74. The van der Waals surface area contributed by atoms with Gasteiger partial charge in [0.15, 0.2) is 17.5 Å². The summed E-state index contributed by atoms with van der Waals surface area (Å²) < 4.78 is 75.4. The minimum atomic E-state index is -4.36. The Labute approximate surface area is 106 Å². The van der Waals surface area contributed by atoms with E-state index in [1.165, 1.54) is 0 Å². The summed E-state index contributed by atoms with van der Waals surface area (Å²) in [4.78, 5) is 0. The molecule has 0 aliphatic rings. The van der Waals surface area contributed by atoms with Crippen molar-refractivity contribution >= 4 is 0 Å². The number of benzene rings is 1. The lowest BCUT2D eigenvalue weighted by molar-refractivity contribution is -0.136. The molecular formula is C12H13F6N. The molecule has 0 fully saturated rings.